The van der Waals surface area contributed by atoms with Crippen molar-refractivity contribution in [3.8, 4) is 5.75 Å². The molecule has 0 N–H and O–H groups in total. The van der Waals surface area contributed by atoms with Gasteiger partial charge in [-0.1, -0.05) is 63.2 Å². The topological polar surface area (TPSA) is 46.6 Å². The molecule has 5 heteroatoms. The lowest BCUT2D eigenvalue weighted by Gasteiger charge is -2.15. The Hall–Kier alpha value is -2.53. The minimum absolute atomic E-state index is 0.212. The first-order chi connectivity index (χ1) is 13.5. The Morgan fingerprint density at radius 2 is 1.64 bits per heavy atom. The van der Waals surface area contributed by atoms with Crippen LogP contribution in [-0.2, 0) is 16.1 Å². The third-order valence-electron chi connectivity index (χ3n) is 4.32. The Morgan fingerprint density at radius 1 is 0.964 bits per heavy atom. The highest BCUT2D eigenvalue weighted by atomic mass is 32.2. The van der Waals surface area contributed by atoms with Gasteiger partial charge in [0.1, 0.15) is 5.75 Å². The van der Waals surface area contributed by atoms with Crippen molar-refractivity contribution in [2.24, 2.45) is 5.92 Å². The molecule has 0 unspecified atom stereocenters. The largest absolute Gasteiger partial charge is 0.493 e. The minimum Gasteiger partial charge on any atom is -0.493 e. The smallest absolute Gasteiger partial charge is 0.268 e. The van der Waals surface area contributed by atoms with E-state index in [1.54, 1.807) is 0 Å². The molecular formula is C23H25NO3S. The molecule has 0 fully saturated rings. The van der Waals surface area contributed by atoms with Gasteiger partial charge in [-0.25, -0.2) is 0 Å². The average Bonchev–Trinajstić information content (AvgIpc) is 2.92. The second-order valence-electron chi connectivity index (χ2n) is 7.05. The molecule has 0 saturated heterocycles. The zero-order chi connectivity index (χ0) is 20.1. The highest BCUT2D eigenvalue weighted by molar-refractivity contribution is 8.04. The van der Waals surface area contributed by atoms with E-state index in [1.807, 2.05) is 61.5 Å². The number of hydrogen-bond donors (Lipinski definition) is 0. The number of amides is 2. The lowest BCUT2D eigenvalue weighted by Crippen LogP contribution is -2.30. The summed E-state index contributed by atoms with van der Waals surface area (Å²) in [7, 11) is 0. The summed E-state index contributed by atoms with van der Waals surface area (Å²) in [5.41, 5.74) is 2.17. The maximum Gasteiger partial charge on any atom is 0.268 e. The highest BCUT2D eigenvalue weighted by Gasteiger charge is 2.38. The van der Waals surface area contributed by atoms with Crippen LogP contribution in [0.15, 0.2) is 59.5 Å². The highest BCUT2D eigenvalue weighted by Crippen LogP contribution is 2.37. The van der Waals surface area contributed by atoms with Crippen LogP contribution >= 0.6 is 11.8 Å². The number of ether oxygens (including phenoxy) is 1. The molecule has 0 aromatic heterocycles. The van der Waals surface area contributed by atoms with Gasteiger partial charge in [0.2, 0.25) is 0 Å². The van der Waals surface area contributed by atoms with Crippen LogP contribution in [0.2, 0.25) is 0 Å². The molecule has 28 heavy (non-hydrogen) atoms. The first-order valence-corrected chi connectivity index (χ1v) is 10.5. The van der Waals surface area contributed by atoms with Crippen LogP contribution in [0, 0.1) is 5.92 Å². The summed E-state index contributed by atoms with van der Waals surface area (Å²) in [6.07, 6.45) is 0. The Bertz CT molecular complexity index is 872. The van der Waals surface area contributed by atoms with E-state index >= 15 is 0 Å². The van der Waals surface area contributed by atoms with E-state index in [4.69, 9.17) is 4.74 Å². The summed E-state index contributed by atoms with van der Waals surface area (Å²) in [6.45, 7) is 7.09. The van der Waals surface area contributed by atoms with Crippen molar-refractivity contribution in [1.82, 2.24) is 4.90 Å². The lowest BCUT2D eigenvalue weighted by molar-refractivity contribution is -0.137. The quantitative estimate of drug-likeness (QED) is 0.605. The molecule has 146 valence electrons. The summed E-state index contributed by atoms with van der Waals surface area (Å²) in [5, 5.41) is 0. The molecule has 0 spiro atoms. The SMILES string of the molecule is CCSC1=C(c2ccc(OCC(C)C)cc2)C(=O)N(Cc2ccccc2)C1=O. The van der Waals surface area contributed by atoms with Crippen molar-refractivity contribution in [3.63, 3.8) is 0 Å². The van der Waals surface area contributed by atoms with Crippen LogP contribution in [0.4, 0.5) is 0 Å². The molecule has 1 aliphatic heterocycles. The van der Waals surface area contributed by atoms with Crippen molar-refractivity contribution in [2.45, 2.75) is 27.3 Å². The summed E-state index contributed by atoms with van der Waals surface area (Å²) >= 11 is 1.42. The number of carbonyl (C=O) groups is 2. The molecular weight excluding hydrogens is 370 g/mol. The standard InChI is InChI=1S/C23H25NO3S/c1-4-28-21-20(18-10-12-19(13-11-18)27-15-16(2)3)22(25)24(23(21)26)14-17-8-6-5-7-9-17/h5-13,16H,4,14-15H2,1-3H3. The predicted molar refractivity (Wildman–Crippen MR) is 114 cm³/mol. The summed E-state index contributed by atoms with van der Waals surface area (Å²) in [6, 6.07) is 17.0. The minimum atomic E-state index is -0.236. The molecule has 2 amide bonds. The number of hydrogen-bond acceptors (Lipinski definition) is 4. The van der Waals surface area contributed by atoms with E-state index in [1.165, 1.54) is 16.7 Å². The number of carbonyl (C=O) groups excluding carboxylic acids is 2. The summed E-state index contributed by atoms with van der Waals surface area (Å²) < 4.78 is 5.72. The monoisotopic (exact) mass is 395 g/mol. The van der Waals surface area contributed by atoms with E-state index < -0.39 is 0 Å². The van der Waals surface area contributed by atoms with Crippen molar-refractivity contribution in [3.05, 3.63) is 70.6 Å². The number of thioether (sulfide) groups is 1. The Morgan fingerprint density at radius 3 is 2.25 bits per heavy atom. The molecule has 0 saturated carbocycles. The maximum atomic E-state index is 13.1. The van der Waals surface area contributed by atoms with Gasteiger partial charge in [-0.2, -0.15) is 0 Å². The van der Waals surface area contributed by atoms with Gasteiger partial charge in [0.05, 0.1) is 23.6 Å². The van der Waals surface area contributed by atoms with Crippen molar-refractivity contribution in [1.29, 1.82) is 0 Å². The third kappa shape index (κ3) is 4.47. The molecule has 4 nitrogen and oxygen atoms in total. The Balaban J connectivity index is 1.86. The van der Waals surface area contributed by atoms with Crippen LogP contribution in [0.25, 0.3) is 5.57 Å². The van der Waals surface area contributed by atoms with Gasteiger partial charge in [0, 0.05) is 0 Å². The Kier molecular flexibility index (Phi) is 6.57. The number of benzene rings is 2. The molecule has 3 rings (SSSR count). The number of imide groups is 1. The molecule has 0 bridgehead atoms. The van der Waals surface area contributed by atoms with Gasteiger partial charge in [-0.15, -0.1) is 11.8 Å². The second-order valence-corrected chi connectivity index (χ2v) is 8.32. The predicted octanol–water partition coefficient (Wildman–Crippen LogP) is 4.75. The third-order valence-corrected chi connectivity index (χ3v) is 5.28. The van der Waals surface area contributed by atoms with Crippen LogP contribution in [0.1, 0.15) is 31.9 Å². The normalized spacial score (nSPS) is 14.4. The van der Waals surface area contributed by atoms with Crippen LogP contribution < -0.4 is 4.74 Å². The summed E-state index contributed by atoms with van der Waals surface area (Å²) in [4.78, 5) is 27.9. The molecule has 2 aromatic rings. The average molecular weight is 396 g/mol. The molecule has 1 heterocycles. The van der Waals surface area contributed by atoms with E-state index in [9.17, 15) is 9.59 Å². The number of rotatable bonds is 8. The fourth-order valence-electron chi connectivity index (χ4n) is 2.98. The lowest BCUT2D eigenvalue weighted by atomic mass is 10.1. The van der Waals surface area contributed by atoms with Gasteiger partial charge < -0.3 is 4.74 Å². The second kappa shape index (κ2) is 9.11. The molecule has 0 aliphatic carbocycles. The number of nitrogens with zero attached hydrogens (tertiary/aromatic N) is 1. The molecule has 2 aromatic carbocycles. The van der Waals surface area contributed by atoms with E-state index in [0.717, 1.165) is 22.6 Å². The summed E-state index contributed by atoms with van der Waals surface area (Å²) in [5.74, 6) is 1.49. The van der Waals surface area contributed by atoms with Crippen molar-refractivity contribution in [2.75, 3.05) is 12.4 Å². The van der Waals surface area contributed by atoms with Crippen LogP contribution in [0.5, 0.6) is 5.75 Å². The van der Waals surface area contributed by atoms with Crippen LogP contribution in [0.3, 0.4) is 0 Å². The van der Waals surface area contributed by atoms with Gasteiger partial charge in [-0.3, -0.25) is 14.5 Å². The maximum absolute atomic E-state index is 13.1. The van der Waals surface area contributed by atoms with Gasteiger partial charge in [0.25, 0.3) is 11.8 Å². The van der Waals surface area contributed by atoms with Gasteiger partial charge in [0.15, 0.2) is 0 Å². The van der Waals surface area contributed by atoms with E-state index in [2.05, 4.69) is 13.8 Å². The van der Waals surface area contributed by atoms with Gasteiger partial charge >= 0.3 is 0 Å². The van der Waals surface area contributed by atoms with E-state index in [-0.39, 0.29) is 18.4 Å². The van der Waals surface area contributed by atoms with Crippen molar-refractivity contribution < 1.29 is 14.3 Å². The van der Waals surface area contributed by atoms with Gasteiger partial charge in [-0.05, 0) is 34.9 Å². The Labute approximate surface area is 170 Å². The fraction of sp³-hybridized carbons (Fsp3) is 0.304. The molecule has 0 radical (unpaired) electrons. The zero-order valence-corrected chi connectivity index (χ0v) is 17.3. The van der Waals surface area contributed by atoms with Crippen LogP contribution in [-0.4, -0.2) is 29.1 Å². The fourth-order valence-corrected chi connectivity index (χ4v) is 3.85. The molecule has 0 atom stereocenters. The van der Waals surface area contributed by atoms with E-state index in [0.29, 0.717) is 23.0 Å². The first kappa shape index (κ1) is 20.2. The van der Waals surface area contributed by atoms with Crippen molar-refractivity contribution >= 4 is 29.1 Å². The molecule has 1 aliphatic rings. The zero-order valence-electron chi connectivity index (χ0n) is 16.5. The first-order valence-electron chi connectivity index (χ1n) is 9.51.